The normalized spacial score (nSPS) is 11.7. The number of carbonyl (C=O) groups is 1. The first kappa shape index (κ1) is 20.3. The first-order chi connectivity index (χ1) is 14.0. The zero-order chi connectivity index (χ0) is 20.8. The molecule has 3 rings (SSSR count). The van der Waals surface area contributed by atoms with Crippen LogP contribution in [-0.2, 0) is 9.53 Å². The van der Waals surface area contributed by atoms with Gasteiger partial charge in [-0.25, -0.2) is 4.79 Å². The third kappa shape index (κ3) is 4.87. The summed E-state index contributed by atoms with van der Waals surface area (Å²) in [5.74, 6) is 1.18. The van der Waals surface area contributed by atoms with Crippen LogP contribution in [0.2, 0.25) is 0 Å². The number of hydrogen-bond acceptors (Lipinski definition) is 7. The second-order valence-corrected chi connectivity index (χ2v) is 6.29. The van der Waals surface area contributed by atoms with Gasteiger partial charge in [-0.2, -0.15) is 0 Å². The second kappa shape index (κ2) is 9.14. The van der Waals surface area contributed by atoms with Crippen molar-refractivity contribution >= 4 is 16.9 Å². The highest BCUT2D eigenvalue weighted by Gasteiger charge is 2.17. The molecular formula is C22H22O7. The summed E-state index contributed by atoms with van der Waals surface area (Å²) in [6.45, 7) is 3.86. The Bertz CT molecular complexity index is 1040. The molecule has 0 N–H and O–H groups in total. The number of carbonyl (C=O) groups excluding carboxylic acids is 1. The average molecular weight is 398 g/mol. The molecule has 0 amide bonds. The van der Waals surface area contributed by atoms with E-state index in [0.717, 1.165) is 6.42 Å². The molecule has 29 heavy (non-hydrogen) atoms. The number of methoxy groups -OCH3 is 1. The van der Waals surface area contributed by atoms with Gasteiger partial charge in [0.25, 0.3) is 0 Å². The van der Waals surface area contributed by atoms with Crippen LogP contribution in [0.5, 0.6) is 23.0 Å². The highest BCUT2D eigenvalue weighted by atomic mass is 16.6. The second-order valence-electron chi connectivity index (χ2n) is 6.29. The number of ether oxygens (including phenoxy) is 4. The van der Waals surface area contributed by atoms with E-state index in [1.807, 2.05) is 6.92 Å². The van der Waals surface area contributed by atoms with Gasteiger partial charge in [-0.1, -0.05) is 6.92 Å². The molecule has 1 unspecified atom stereocenters. The fraction of sp³-hybridized carbons (Fsp3) is 0.273. The Labute approximate surface area is 167 Å². The van der Waals surface area contributed by atoms with Gasteiger partial charge in [0.2, 0.25) is 11.2 Å². The Balaban J connectivity index is 1.78. The Kier molecular flexibility index (Phi) is 6.39. The first-order valence-corrected chi connectivity index (χ1v) is 9.22. The van der Waals surface area contributed by atoms with E-state index in [1.54, 1.807) is 56.5 Å². The zero-order valence-electron chi connectivity index (χ0n) is 16.5. The third-order valence-corrected chi connectivity index (χ3v) is 4.09. The minimum Gasteiger partial charge on any atom is -0.497 e. The Hall–Kier alpha value is -3.48. The summed E-state index contributed by atoms with van der Waals surface area (Å²) >= 11 is 0. The molecule has 0 aliphatic rings. The van der Waals surface area contributed by atoms with E-state index >= 15 is 0 Å². The number of hydrogen-bond donors (Lipinski definition) is 0. The van der Waals surface area contributed by atoms with Gasteiger partial charge in [0, 0.05) is 6.07 Å². The maximum atomic E-state index is 12.7. The quantitative estimate of drug-likeness (QED) is 0.523. The molecule has 7 nitrogen and oxygen atoms in total. The van der Waals surface area contributed by atoms with Gasteiger partial charge in [0.05, 0.1) is 19.1 Å². The predicted octanol–water partition coefficient (Wildman–Crippen LogP) is 4.31. The van der Waals surface area contributed by atoms with Crippen molar-refractivity contribution in [1.29, 1.82) is 0 Å². The van der Waals surface area contributed by atoms with Crippen molar-refractivity contribution in [3.8, 4) is 23.0 Å². The molecule has 0 radical (unpaired) electrons. The van der Waals surface area contributed by atoms with Gasteiger partial charge < -0.3 is 23.4 Å². The van der Waals surface area contributed by atoms with Crippen molar-refractivity contribution in [1.82, 2.24) is 0 Å². The highest BCUT2D eigenvalue weighted by molar-refractivity contribution is 5.79. The number of rotatable bonds is 8. The fourth-order valence-corrected chi connectivity index (χ4v) is 2.58. The molecule has 2 aromatic carbocycles. The van der Waals surface area contributed by atoms with Crippen LogP contribution in [-0.4, -0.2) is 25.8 Å². The molecule has 1 atom stereocenters. The van der Waals surface area contributed by atoms with E-state index in [2.05, 4.69) is 0 Å². The molecule has 3 aromatic rings. The lowest BCUT2D eigenvalue weighted by atomic mass is 10.2. The van der Waals surface area contributed by atoms with Crippen molar-refractivity contribution in [2.24, 2.45) is 0 Å². The van der Waals surface area contributed by atoms with Gasteiger partial charge in [0.1, 0.15) is 29.1 Å². The largest absolute Gasteiger partial charge is 0.497 e. The summed E-state index contributed by atoms with van der Waals surface area (Å²) in [4.78, 5) is 24.5. The van der Waals surface area contributed by atoms with Crippen molar-refractivity contribution < 1.29 is 28.2 Å². The maximum Gasteiger partial charge on any atom is 0.347 e. The standard InChI is InChI=1S/C22H22O7/c1-4-11-26-22(24)14(2)28-17-9-10-18-19(12-17)27-13-20(21(18)23)29-16-7-5-15(25-3)6-8-16/h5-10,12-14H,4,11H2,1-3H3. The van der Waals surface area contributed by atoms with Gasteiger partial charge in [-0.3, -0.25) is 4.79 Å². The topological polar surface area (TPSA) is 84.2 Å². The van der Waals surface area contributed by atoms with Gasteiger partial charge >= 0.3 is 5.97 Å². The Morgan fingerprint density at radius 1 is 1.07 bits per heavy atom. The number of fused-ring (bicyclic) bond motifs is 1. The molecule has 0 aliphatic heterocycles. The Morgan fingerprint density at radius 2 is 1.76 bits per heavy atom. The summed E-state index contributed by atoms with van der Waals surface area (Å²) in [7, 11) is 1.57. The summed E-state index contributed by atoms with van der Waals surface area (Å²) < 4.78 is 26.9. The molecule has 0 saturated heterocycles. The average Bonchev–Trinajstić information content (AvgIpc) is 2.74. The lowest BCUT2D eigenvalue weighted by Crippen LogP contribution is -2.26. The summed E-state index contributed by atoms with van der Waals surface area (Å²) in [5.41, 5.74) is 0.00716. The van der Waals surface area contributed by atoms with Crippen molar-refractivity contribution in [3.05, 3.63) is 59.0 Å². The minimum atomic E-state index is -0.775. The van der Waals surface area contributed by atoms with Gasteiger partial charge in [0.15, 0.2) is 6.10 Å². The maximum absolute atomic E-state index is 12.7. The summed E-state index contributed by atoms with van der Waals surface area (Å²) in [6, 6.07) is 11.6. The van der Waals surface area contributed by atoms with Crippen molar-refractivity contribution in [2.75, 3.05) is 13.7 Å². The monoisotopic (exact) mass is 398 g/mol. The summed E-state index contributed by atoms with van der Waals surface area (Å²) in [5, 5.41) is 0.338. The molecule has 1 aromatic heterocycles. The third-order valence-electron chi connectivity index (χ3n) is 4.09. The van der Waals surface area contributed by atoms with Crippen LogP contribution < -0.4 is 19.6 Å². The fourth-order valence-electron chi connectivity index (χ4n) is 2.58. The van der Waals surface area contributed by atoms with E-state index in [9.17, 15) is 9.59 Å². The Morgan fingerprint density at radius 3 is 2.45 bits per heavy atom. The highest BCUT2D eigenvalue weighted by Crippen LogP contribution is 2.25. The molecular weight excluding hydrogens is 376 g/mol. The van der Waals surface area contributed by atoms with E-state index in [-0.39, 0.29) is 11.2 Å². The van der Waals surface area contributed by atoms with Crippen LogP contribution in [0.4, 0.5) is 0 Å². The SMILES string of the molecule is CCCOC(=O)C(C)Oc1ccc2c(=O)c(Oc3ccc(OC)cc3)coc2c1. The van der Waals surface area contributed by atoms with E-state index in [1.165, 1.54) is 6.26 Å². The lowest BCUT2D eigenvalue weighted by molar-refractivity contribution is -0.151. The van der Waals surface area contributed by atoms with E-state index < -0.39 is 12.1 Å². The lowest BCUT2D eigenvalue weighted by Gasteiger charge is -2.14. The molecule has 1 heterocycles. The van der Waals surface area contributed by atoms with Gasteiger partial charge in [-0.05, 0) is 49.7 Å². The van der Waals surface area contributed by atoms with Crippen molar-refractivity contribution in [3.63, 3.8) is 0 Å². The number of benzene rings is 2. The number of esters is 1. The first-order valence-electron chi connectivity index (χ1n) is 9.22. The van der Waals surface area contributed by atoms with Crippen molar-refractivity contribution in [2.45, 2.75) is 26.4 Å². The zero-order valence-corrected chi connectivity index (χ0v) is 16.5. The smallest absolute Gasteiger partial charge is 0.347 e. The van der Waals surface area contributed by atoms with Gasteiger partial charge in [-0.15, -0.1) is 0 Å². The predicted molar refractivity (Wildman–Crippen MR) is 107 cm³/mol. The molecule has 0 saturated carbocycles. The van der Waals surface area contributed by atoms with Crippen LogP contribution in [0.25, 0.3) is 11.0 Å². The van der Waals surface area contributed by atoms with Crippen LogP contribution in [0.3, 0.4) is 0 Å². The van der Waals surface area contributed by atoms with Crippen LogP contribution in [0.1, 0.15) is 20.3 Å². The molecule has 0 bridgehead atoms. The van der Waals surface area contributed by atoms with Crippen LogP contribution in [0.15, 0.2) is 57.9 Å². The molecule has 0 aliphatic carbocycles. The minimum absolute atomic E-state index is 0.0628. The summed E-state index contributed by atoms with van der Waals surface area (Å²) in [6.07, 6.45) is 1.21. The van der Waals surface area contributed by atoms with E-state index in [0.29, 0.717) is 34.8 Å². The molecule has 7 heteroatoms. The van der Waals surface area contributed by atoms with Crippen LogP contribution in [0, 0.1) is 0 Å². The molecule has 0 fully saturated rings. The van der Waals surface area contributed by atoms with E-state index in [4.69, 9.17) is 23.4 Å². The van der Waals surface area contributed by atoms with Crippen LogP contribution >= 0.6 is 0 Å². The molecule has 152 valence electrons. The molecule has 0 spiro atoms.